The van der Waals surface area contributed by atoms with Gasteiger partial charge in [-0.25, -0.2) is 14.4 Å². The zero-order valence-corrected chi connectivity index (χ0v) is 16.4. The van der Waals surface area contributed by atoms with Crippen LogP contribution in [-0.2, 0) is 0 Å². The molecule has 6 heteroatoms. The Balaban J connectivity index is 2.40. The molecule has 0 bridgehead atoms. The van der Waals surface area contributed by atoms with Crippen molar-refractivity contribution >= 4 is 22.5 Å². The summed E-state index contributed by atoms with van der Waals surface area (Å²) in [6.07, 6.45) is 1.83. The minimum atomic E-state index is -0.650. The third-order valence-electron chi connectivity index (χ3n) is 3.68. The van der Waals surface area contributed by atoms with Crippen molar-refractivity contribution in [1.29, 1.82) is 0 Å². The largest absolute Gasteiger partial charge is 0.505 e. The molecule has 2 aromatic rings. The first-order chi connectivity index (χ1) is 12.3. The Morgan fingerprint density at radius 2 is 2.04 bits per heavy atom. The number of hydrogen-bond donors (Lipinski definition) is 1. The first-order valence-corrected chi connectivity index (χ1v) is 9.10. The van der Waals surface area contributed by atoms with Gasteiger partial charge in [0.05, 0.1) is 17.9 Å². The fourth-order valence-corrected chi connectivity index (χ4v) is 3.11. The summed E-state index contributed by atoms with van der Waals surface area (Å²) in [5.41, 5.74) is 2.35. The van der Waals surface area contributed by atoms with Gasteiger partial charge in [-0.1, -0.05) is 37.8 Å². The Morgan fingerprint density at radius 3 is 2.62 bits per heavy atom. The van der Waals surface area contributed by atoms with Crippen LogP contribution in [0.15, 0.2) is 46.4 Å². The van der Waals surface area contributed by atoms with Crippen molar-refractivity contribution in [3.05, 3.63) is 53.4 Å². The van der Waals surface area contributed by atoms with Gasteiger partial charge in [0.25, 0.3) is 0 Å². The fourth-order valence-electron chi connectivity index (χ4n) is 2.17. The van der Waals surface area contributed by atoms with E-state index in [1.807, 2.05) is 32.1 Å². The van der Waals surface area contributed by atoms with E-state index in [9.17, 15) is 9.50 Å². The first kappa shape index (κ1) is 20.0. The van der Waals surface area contributed by atoms with Crippen LogP contribution < -0.4 is 4.74 Å². The van der Waals surface area contributed by atoms with Crippen LogP contribution in [0.4, 0.5) is 4.39 Å². The van der Waals surface area contributed by atoms with E-state index in [1.54, 1.807) is 13.2 Å². The van der Waals surface area contributed by atoms with Crippen molar-refractivity contribution in [3.8, 4) is 11.6 Å². The number of pyridine rings is 1. The van der Waals surface area contributed by atoms with Crippen molar-refractivity contribution in [1.82, 2.24) is 4.98 Å². The van der Waals surface area contributed by atoms with Gasteiger partial charge in [0.15, 0.2) is 11.6 Å². The molecular weight excluding hydrogens is 351 g/mol. The number of phenolic OH excluding ortho intramolecular Hbond substituents is 1. The van der Waals surface area contributed by atoms with E-state index in [0.717, 1.165) is 15.6 Å². The number of thioether (sulfide) groups is 1. The highest BCUT2D eigenvalue weighted by Crippen LogP contribution is 2.30. The lowest BCUT2D eigenvalue weighted by Crippen LogP contribution is -2.05. The predicted molar refractivity (Wildman–Crippen MR) is 105 cm³/mol. The molecule has 0 fully saturated rings. The fraction of sp³-hybridized carbons (Fsp3) is 0.300. The molecule has 0 aliphatic heterocycles. The molecule has 0 unspecified atom stereocenters. The highest BCUT2D eigenvalue weighted by Gasteiger charge is 2.14. The van der Waals surface area contributed by atoms with Gasteiger partial charge >= 0.3 is 0 Å². The lowest BCUT2D eigenvalue weighted by Gasteiger charge is -2.13. The number of allylic oxidation sites excluding steroid dienone is 1. The number of aryl methyl sites for hydroxylation is 1. The molecule has 0 saturated heterocycles. The lowest BCUT2D eigenvalue weighted by atomic mass is 10.1. The topological polar surface area (TPSA) is 54.7 Å². The Kier molecular flexibility index (Phi) is 6.80. The monoisotopic (exact) mass is 374 g/mol. The Labute approximate surface area is 157 Å². The summed E-state index contributed by atoms with van der Waals surface area (Å²) in [5, 5.41) is 11.3. The number of rotatable bonds is 5. The zero-order valence-electron chi connectivity index (χ0n) is 15.6. The number of halogens is 1. The summed E-state index contributed by atoms with van der Waals surface area (Å²) in [5.74, 6) is -0.323. The average molecular weight is 374 g/mol. The molecule has 0 radical (unpaired) electrons. The minimum absolute atomic E-state index is 0.163. The smallest absolute Gasteiger partial charge is 0.214 e. The van der Waals surface area contributed by atoms with Crippen LogP contribution >= 0.6 is 11.8 Å². The number of hydrogen-bond acceptors (Lipinski definition) is 5. The molecule has 1 N–H and O–H groups in total. The lowest BCUT2D eigenvalue weighted by molar-refractivity contribution is 0.394. The maximum Gasteiger partial charge on any atom is 0.214 e. The molecule has 1 heterocycles. The standard InChI is InChI=1S/C20H23FN2O2S/c1-6-16(14-8-9-15(21)17(24)11-14)22-19(12(2)3)26-20-13(4)7-10-18(23-20)25-5/h6-12,24H,1-5H3/b16-6-,22-19?. The number of aliphatic imine (C=N–C) groups is 1. The van der Waals surface area contributed by atoms with Gasteiger partial charge in [0, 0.05) is 17.5 Å². The van der Waals surface area contributed by atoms with E-state index >= 15 is 0 Å². The van der Waals surface area contributed by atoms with Crippen LogP contribution in [0.1, 0.15) is 31.9 Å². The predicted octanol–water partition coefficient (Wildman–Crippen LogP) is 5.45. The molecule has 0 amide bonds. The zero-order chi connectivity index (χ0) is 19.3. The van der Waals surface area contributed by atoms with Gasteiger partial charge in [-0.15, -0.1) is 0 Å². The SMILES string of the molecule is C/C=C(\N=C(Sc1nc(OC)ccc1C)C(C)C)c1ccc(F)c(O)c1. The van der Waals surface area contributed by atoms with Crippen molar-refractivity contribution in [2.75, 3.05) is 7.11 Å². The molecule has 4 nitrogen and oxygen atoms in total. The highest BCUT2D eigenvalue weighted by molar-refractivity contribution is 8.14. The number of phenols is 1. The summed E-state index contributed by atoms with van der Waals surface area (Å²) < 4.78 is 18.5. The number of aromatic nitrogens is 1. The first-order valence-electron chi connectivity index (χ1n) is 8.29. The van der Waals surface area contributed by atoms with Crippen LogP contribution in [0.5, 0.6) is 11.6 Å². The molecule has 1 aromatic heterocycles. The van der Waals surface area contributed by atoms with Crippen molar-refractivity contribution in [2.45, 2.75) is 32.7 Å². The molecule has 0 saturated carbocycles. The maximum atomic E-state index is 13.3. The van der Waals surface area contributed by atoms with Crippen molar-refractivity contribution in [2.24, 2.45) is 10.9 Å². The highest BCUT2D eigenvalue weighted by atomic mass is 32.2. The molecule has 0 aliphatic carbocycles. The minimum Gasteiger partial charge on any atom is -0.505 e. The molecule has 1 aromatic carbocycles. The Morgan fingerprint density at radius 1 is 1.31 bits per heavy atom. The van der Waals surface area contributed by atoms with Gasteiger partial charge in [-0.2, -0.15) is 0 Å². The summed E-state index contributed by atoms with van der Waals surface area (Å²) in [7, 11) is 1.59. The summed E-state index contributed by atoms with van der Waals surface area (Å²) >= 11 is 1.48. The second-order valence-electron chi connectivity index (χ2n) is 6.02. The average Bonchev–Trinajstić information content (AvgIpc) is 2.62. The molecule has 0 aliphatic rings. The molecular formula is C20H23FN2O2S. The van der Waals surface area contributed by atoms with E-state index in [-0.39, 0.29) is 11.7 Å². The third kappa shape index (κ3) is 4.85. The van der Waals surface area contributed by atoms with Gasteiger partial charge in [-0.05, 0) is 37.6 Å². The molecule has 0 spiro atoms. The molecule has 0 atom stereocenters. The van der Waals surface area contributed by atoms with Crippen molar-refractivity contribution < 1.29 is 14.2 Å². The van der Waals surface area contributed by atoms with Gasteiger partial charge in [0.2, 0.25) is 5.88 Å². The number of methoxy groups -OCH3 is 1. The molecule has 138 valence electrons. The van der Waals surface area contributed by atoms with Crippen molar-refractivity contribution in [3.63, 3.8) is 0 Å². The number of benzene rings is 1. The quantitative estimate of drug-likeness (QED) is 0.429. The van der Waals surface area contributed by atoms with Crippen LogP contribution in [0.3, 0.4) is 0 Å². The van der Waals surface area contributed by atoms with Crippen LogP contribution in [-0.4, -0.2) is 22.2 Å². The second kappa shape index (κ2) is 8.85. The van der Waals surface area contributed by atoms with Gasteiger partial charge in [0.1, 0.15) is 5.03 Å². The van der Waals surface area contributed by atoms with E-state index in [4.69, 9.17) is 9.73 Å². The second-order valence-corrected chi connectivity index (χ2v) is 7.03. The maximum absolute atomic E-state index is 13.3. The Hall–Kier alpha value is -2.34. The van der Waals surface area contributed by atoms with Crippen LogP contribution in [0.25, 0.3) is 5.70 Å². The van der Waals surface area contributed by atoms with Gasteiger partial charge < -0.3 is 9.84 Å². The third-order valence-corrected chi connectivity index (χ3v) is 5.05. The van der Waals surface area contributed by atoms with Gasteiger partial charge in [-0.3, -0.25) is 0 Å². The van der Waals surface area contributed by atoms with Crippen LogP contribution in [0, 0.1) is 18.7 Å². The molecule has 26 heavy (non-hydrogen) atoms. The summed E-state index contributed by atoms with van der Waals surface area (Å²) in [6, 6.07) is 8.00. The number of nitrogens with zero attached hydrogens (tertiary/aromatic N) is 2. The normalized spacial score (nSPS) is 12.6. The molecule has 2 rings (SSSR count). The van der Waals surface area contributed by atoms with E-state index < -0.39 is 5.82 Å². The van der Waals surface area contributed by atoms with Crippen LogP contribution in [0.2, 0.25) is 0 Å². The van der Waals surface area contributed by atoms with E-state index in [0.29, 0.717) is 17.1 Å². The summed E-state index contributed by atoms with van der Waals surface area (Å²) in [6.45, 7) is 7.95. The number of ether oxygens (including phenoxy) is 1. The van der Waals surface area contributed by atoms with E-state index in [2.05, 4.69) is 18.8 Å². The summed E-state index contributed by atoms with van der Waals surface area (Å²) in [4.78, 5) is 9.25. The Bertz CT molecular complexity index is 848. The van der Waals surface area contributed by atoms with E-state index in [1.165, 1.54) is 23.9 Å². The number of aromatic hydroxyl groups is 1.